The smallest absolute Gasteiger partial charge is 0.411 e. The Balaban J connectivity index is 2.50. The van der Waals surface area contributed by atoms with E-state index in [0.717, 1.165) is 6.07 Å². The second-order valence-corrected chi connectivity index (χ2v) is 5.53. The number of nitrogens with two attached hydrogens (primary N) is 1. The minimum Gasteiger partial charge on any atom is -0.455 e. The first kappa shape index (κ1) is 17.5. The van der Waals surface area contributed by atoms with Crippen LogP contribution in [0.5, 0.6) is 0 Å². The third-order valence-corrected chi connectivity index (χ3v) is 3.22. The van der Waals surface area contributed by atoms with Crippen LogP contribution in [0.4, 0.5) is 13.2 Å². The molecule has 21 heavy (non-hydrogen) atoms. The number of primary sulfonamides is 1. The van der Waals surface area contributed by atoms with Crippen LogP contribution in [0, 0.1) is 6.92 Å². The number of ether oxygens (including phenoxy) is 1. The first-order valence-corrected chi connectivity index (χ1v) is 7.11. The molecule has 120 valence electrons. The molecule has 0 aliphatic heterocycles. The monoisotopic (exact) mass is 330 g/mol. The Morgan fingerprint density at radius 1 is 1.48 bits per heavy atom. The summed E-state index contributed by atoms with van der Waals surface area (Å²) in [5.41, 5.74) is 0. The molecule has 0 unspecified atom stereocenters. The van der Waals surface area contributed by atoms with E-state index in [1.807, 2.05) is 0 Å². The van der Waals surface area contributed by atoms with Crippen LogP contribution < -0.4 is 10.5 Å². The SMILES string of the molecule is Cc1oc(C(=O)NCCOCC(F)(F)F)cc1S(N)(=O)=O. The molecule has 0 aliphatic carbocycles. The van der Waals surface area contributed by atoms with Crippen LogP contribution in [0.25, 0.3) is 0 Å². The minimum absolute atomic E-state index is 0.0593. The van der Waals surface area contributed by atoms with Gasteiger partial charge in [0.05, 0.1) is 6.61 Å². The van der Waals surface area contributed by atoms with Gasteiger partial charge in [0.25, 0.3) is 5.91 Å². The molecular weight excluding hydrogens is 317 g/mol. The van der Waals surface area contributed by atoms with Gasteiger partial charge in [-0.2, -0.15) is 13.2 Å². The van der Waals surface area contributed by atoms with E-state index in [1.54, 1.807) is 0 Å². The highest BCUT2D eigenvalue weighted by Crippen LogP contribution is 2.18. The molecule has 1 amide bonds. The van der Waals surface area contributed by atoms with Crippen molar-refractivity contribution in [1.29, 1.82) is 0 Å². The predicted octanol–water partition coefficient (Wildman–Crippen LogP) is 0.544. The zero-order valence-corrected chi connectivity index (χ0v) is 11.7. The minimum atomic E-state index is -4.44. The van der Waals surface area contributed by atoms with Crippen LogP contribution in [-0.2, 0) is 14.8 Å². The number of aryl methyl sites for hydroxylation is 1. The van der Waals surface area contributed by atoms with Gasteiger partial charge in [0.2, 0.25) is 10.0 Å². The summed E-state index contributed by atoms with van der Waals surface area (Å²) in [6, 6.07) is 0.941. The number of nitrogens with one attached hydrogen (secondary N) is 1. The summed E-state index contributed by atoms with van der Waals surface area (Å²) in [5.74, 6) is -1.16. The molecule has 0 saturated heterocycles. The van der Waals surface area contributed by atoms with E-state index in [2.05, 4.69) is 10.1 Å². The summed E-state index contributed by atoms with van der Waals surface area (Å²) in [4.78, 5) is 11.2. The summed E-state index contributed by atoms with van der Waals surface area (Å²) in [7, 11) is -4.02. The normalized spacial score (nSPS) is 12.4. The zero-order chi connectivity index (χ0) is 16.3. The van der Waals surface area contributed by atoms with Gasteiger partial charge >= 0.3 is 6.18 Å². The van der Waals surface area contributed by atoms with Gasteiger partial charge in [-0.3, -0.25) is 4.79 Å². The number of sulfonamides is 1. The van der Waals surface area contributed by atoms with Gasteiger partial charge in [0.15, 0.2) is 5.76 Å². The number of amides is 1. The summed E-state index contributed by atoms with van der Waals surface area (Å²) in [5, 5.41) is 7.12. The standard InChI is InChI=1S/C10H13F3N2O5S/c1-6-8(21(14,17)18)4-7(20-6)9(16)15-2-3-19-5-10(11,12)13/h4H,2-3,5H2,1H3,(H,15,16)(H2,14,17,18). The molecule has 7 nitrogen and oxygen atoms in total. The lowest BCUT2D eigenvalue weighted by Crippen LogP contribution is -2.28. The second kappa shape index (κ2) is 6.45. The lowest BCUT2D eigenvalue weighted by Gasteiger charge is -2.07. The number of rotatable bonds is 6. The van der Waals surface area contributed by atoms with Gasteiger partial charge in [0.1, 0.15) is 17.3 Å². The third kappa shape index (κ3) is 5.73. The molecule has 1 rings (SSSR count). The number of carbonyl (C=O) groups is 1. The number of hydrogen-bond acceptors (Lipinski definition) is 5. The summed E-state index contributed by atoms with van der Waals surface area (Å²) < 4.78 is 66.8. The van der Waals surface area contributed by atoms with E-state index < -0.39 is 28.7 Å². The molecule has 11 heteroatoms. The maximum Gasteiger partial charge on any atom is 0.411 e. The Morgan fingerprint density at radius 3 is 2.57 bits per heavy atom. The molecule has 1 heterocycles. The van der Waals surface area contributed by atoms with Crippen molar-refractivity contribution in [3.05, 3.63) is 17.6 Å². The molecule has 3 N–H and O–H groups in total. The van der Waals surface area contributed by atoms with Gasteiger partial charge in [-0.05, 0) is 6.92 Å². The van der Waals surface area contributed by atoms with Crippen molar-refractivity contribution in [2.24, 2.45) is 5.14 Å². The Bertz CT molecular complexity index is 609. The number of halogens is 3. The maximum absolute atomic E-state index is 11.8. The number of alkyl halides is 3. The Labute approximate surface area is 118 Å². The van der Waals surface area contributed by atoms with Crippen LogP contribution >= 0.6 is 0 Å². The van der Waals surface area contributed by atoms with E-state index in [1.165, 1.54) is 6.92 Å². The molecule has 0 spiro atoms. The van der Waals surface area contributed by atoms with Crippen LogP contribution in [0.1, 0.15) is 16.3 Å². The van der Waals surface area contributed by atoms with Gasteiger partial charge in [-0.25, -0.2) is 13.6 Å². The predicted molar refractivity (Wildman–Crippen MR) is 64.0 cm³/mol. The quantitative estimate of drug-likeness (QED) is 0.740. The molecule has 1 aromatic rings. The first-order valence-electron chi connectivity index (χ1n) is 5.56. The Kier molecular flexibility index (Phi) is 5.36. The fraction of sp³-hybridized carbons (Fsp3) is 0.500. The Hall–Kier alpha value is -1.59. The van der Waals surface area contributed by atoms with E-state index >= 15 is 0 Å². The van der Waals surface area contributed by atoms with Crippen molar-refractivity contribution in [2.45, 2.75) is 18.0 Å². The number of hydrogen-bond donors (Lipinski definition) is 2. The van der Waals surface area contributed by atoms with Gasteiger partial charge in [0, 0.05) is 12.6 Å². The summed E-state index contributed by atoms with van der Waals surface area (Å²) in [6.45, 7) is -0.659. The van der Waals surface area contributed by atoms with Crippen LogP contribution in [0.15, 0.2) is 15.4 Å². The largest absolute Gasteiger partial charge is 0.455 e. The van der Waals surface area contributed by atoms with Crippen molar-refractivity contribution in [3.8, 4) is 0 Å². The molecule has 0 bridgehead atoms. The molecule has 0 fully saturated rings. The highest BCUT2D eigenvalue weighted by Gasteiger charge is 2.27. The third-order valence-electron chi connectivity index (χ3n) is 2.20. The van der Waals surface area contributed by atoms with E-state index in [0.29, 0.717) is 0 Å². The highest BCUT2D eigenvalue weighted by molar-refractivity contribution is 7.89. The van der Waals surface area contributed by atoms with Gasteiger partial charge in [-0.1, -0.05) is 0 Å². The lowest BCUT2D eigenvalue weighted by molar-refractivity contribution is -0.173. The molecule has 0 aliphatic rings. The zero-order valence-electron chi connectivity index (χ0n) is 10.9. The average Bonchev–Trinajstić information content (AvgIpc) is 2.69. The fourth-order valence-corrected chi connectivity index (χ4v) is 2.09. The van der Waals surface area contributed by atoms with Crippen LogP contribution in [-0.4, -0.2) is 40.3 Å². The number of carbonyl (C=O) groups excluding carboxylic acids is 1. The summed E-state index contributed by atoms with van der Waals surface area (Å²) in [6.07, 6.45) is -4.44. The molecule has 0 aromatic carbocycles. The topological polar surface area (TPSA) is 112 Å². The van der Waals surface area contributed by atoms with E-state index in [9.17, 15) is 26.4 Å². The lowest BCUT2D eigenvalue weighted by atomic mass is 10.4. The second-order valence-electron chi connectivity index (χ2n) is 4.00. The summed E-state index contributed by atoms with van der Waals surface area (Å²) >= 11 is 0. The fourth-order valence-electron chi connectivity index (χ4n) is 1.37. The molecule has 0 atom stereocenters. The average molecular weight is 330 g/mol. The van der Waals surface area contributed by atoms with Crippen molar-refractivity contribution in [2.75, 3.05) is 19.8 Å². The van der Waals surface area contributed by atoms with Crippen molar-refractivity contribution < 1.29 is 35.5 Å². The van der Waals surface area contributed by atoms with Gasteiger partial charge < -0.3 is 14.5 Å². The first-order chi connectivity index (χ1) is 9.50. The van der Waals surface area contributed by atoms with Crippen molar-refractivity contribution >= 4 is 15.9 Å². The van der Waals surface area contributed by atoms with Gasteiger partial charge in [-0.15, -0.1) is 0 Å². The van der Waals surface area contributed by atoms with Crippen LogP contribution in [0.3, 0.4) is 0 Å². The molecule has 0 saturated carbocycles. The van der Waals surface area contributed by atoms with Crippen molar-refractivity contribution in [1.82, 2.24) is 5.32 Å². The maximum atomic E-state index is 11.8. The molecular formula is C10H13F3N2O5S. The Morgan fingerprint density at radius 2 is 2.10 bits per heavy atom. The highest BCUT2D eigenvalue weighted by atomic mass is 32.2. The van der Waals surface area contributed by atoms with Crippen LogP contribution in [0.2, 0.25) is 0 Å². The molecule has 0 radical (unpaired) electrons. The van der Waals surface area contributed by atoms with E-state index in [-0.39, 0.29) is 29.6 Å². The van der Waals surface area contributed by atoms with E-state index in [4.69, 9.17) is 9.56 Å². The number of furan rings is 1. The van der Waals surface area contributed by atoms with Crippen molar-refractivity contribution in [3.63, 3.8) is 0 Å². The molecule has 1 aromatic heterocycles.